The average Bonchev–Trinajstić information content (AvgIpc) is 2.55. The third-order valence-corrected chi connectivity index (χ3v) is 4.04. The molecule has 1 aromatic carbocycles. The van der Waals surface area contributed by atoms with Crippen LogP contribution in [-0.4, -0.2) is 29.0 Å². The van der Waals surface area contributed by atoms with Crippen LogP contribution in [0.3, 0.4) is 0 Å². The van der Waals surface area contributed by atoms with Crippen LogP contribution in [0, 0.1) is 12.3 Å². The Morgan fingerprint density at radius 3 is 2.19 bits per heavy atom. The lowest BCUT2D eigenvalue weighted by Crippen LogP contribution is -2.23. The van der Waals surface area contributed by atoms with Gasteiger partial charge in [0.05, 0.1) is 0 Å². The highest BCUT2D eigenvalue weighted by Crippen LogP contribution is 2.22. The van der Waals surface area contributed by atoms with Gasteiger partial charge < -0.3 is 15.5 Å². The number of rotatable bonds is 7. The second kappa shape index (κ2) is 8.84. The molecule has 2 N–H and O–H groups in total. The fourth-order valence-corrected chi connectivity index (χ4v) is 2.77. The van der Waals surface area contributed by atoms with Crippen LogP contribution in [-0.2, 0) is 4.79 Å². The summed E-state index contributed by atoms with van der Waals surface area (Å²) in [4.78, 5) is 23.3. The molecule has 0 atom stereocenters. The van der Waals surface area contributed by atoms with Crippen molar-refractivity contribution in [3.63, 3.8) is 0 Å². The summed E-state index contributed by atoms with van der Waals surface area (Å²) in [5.74, 6) is 1.51. The lowest BCUT2D eigenvalue weighted by atomic mass is 9.92. The molecular formula is C21H31N5O. The highest BCUT2D eigenvalue weighted by atomic mass is 16.1. The van der Waals surface area contributed by atoms with Crippen molar-refractivity contribution in [1.82, 2.24) is 9.97 Å². The molecule has 0 saturated carbocycles. The van der Waals surface area contributed by atoms with E-state index in [0.29, 0.717) is 12.4 Å². The van der Waals surface area contributed by atoms with E-state index < -0.39 is 0 Å². The van der Waals surface area contributed by atoms with Crippen LogP contribution in [0.25, 0.3) is 0 Å². The van der Waals surface area contributed by atoms with E-state index in [1.807, 2.05) is 58.0 Å². The minimum Gasteiger partial charge on any atom is -0.357 e. The summed E-state index contributed by atoms with van der Waals surface area (Å²) in [6, 6.07) is 9.57. The zero-order valence-electron chi connectivity index (χ0n) is 17.3. The number of hydrogen-bond donors (Lipinski definition) is 2. The van der Waals surface area contributed by atoms with Crippen molar-refractivity contribution in [2.24, 2.45) is 5.41 Å². The second-order valence-corrected chi connectivity index (χ2v) is 7.85. The number of hydrogen-bond acceptors (Lipinski definition) is 5. The average molecular weight is 370 g/mol. The van der Waals surface area contributed by atoms with E-state index in [0.717, 1.165) is 36.0 Å². The number of anilines is 4. The fraction of sp³-hybridized carbons (Fsp3) is 0.476. The van der Waals surface area contributed by atoms with Crippen molar-refractivity contribution in [2.45, 2.75) is 48.0 Å². The third kappa shape index (κ3) is 6.55. The van der Waals surface area contributed by atoms with Crippen LogP contribution in [0.4, 0.5) is 23.1 Å². The van der Waals surface area contributed by atoms with Crippen molar-refractivity contribution < 1.29 is 4.79 Å². The van der Waals surface area contributed by atoms with Crippen molar-refractivity contribution >= 4 is 29.0 Å². The Bertz CT molecular complexity index is 761. The van der Waals surface area contributed by atoms with Crippen LogP contribution < -0.4 is 15.5 Å². The first kappa shape index (κ1) is 20.7. The summed E-state index contributed by atoms with van der Waals surface area (Å²) in [7, 11) is 0. The summed E-state index contributed by atoms with van der Waals surface area (Å²) in [5, 5.41) is 6.18. The zero-order chi connectivity index (χ0) is 20.0. The number of benzene rings is 1. The SMILES string of the molecule is CCN(CC)c1cc(C)nc(Nc2ccc(NC(=O)CC(C)(C)C)cc2)n1. The zero-order valence-corrected chi connectivity index (χ0v) is 17.3. The molecule has 0 aliphatic rings. The summed E-state index contributed by atoms with van der Waals surface area (Å²) < 4.78 is 0. The Labute approximate surface area is 162 Å². The topological polar surface area (TPSA) is 70.2 Å². The van der Waals surface area contributed by atoms with E-state index >= 15 is 0 Å². The summed E-state index contributed by atoms with van der Waals surface area (Å²) in [6.45, 7) is 14.1. The molecule has 0 unspecified atom stereocenters. The molecule has 0 bridgehead atoms. The van der Waals surface area contributed by atoms with Gasteiger partial charge in [-0.15, -0.1) is 0 Å². The predicted octanol–water partition coefficient (Wildman–Crippen LogP) is 4.75. The minimum absolute atomic E-state index is 0.0223. The number of aryl methyl sites for hydroxylation is 1. The van der Waals surface area contributed by atoms with Crippen LogP contribution >= 0.6 is 0 Å². The van der Waals surface area contributed by atoms with E-state index in [4.69, 9.17) is 0 Å². The van der Waals surface area contributed by atoms with Gasteiger partial charge >= 0.3 is 0 Å². The Morgan fingerprint density at radius 2 is 1.63 bits per heavy atom. The van der Waals surface area contributed by atoms with Crippen LogP contribution in [0.2, 0.25) is 0 Å². The van der Waals surface area contributed by atoms with Gasteiger partial charge in [-0.3, -0.25) is 4.79 Å². The maximum Gasteiger partial charge on any atom is 0.229 e. The molecule has 6 nitrogen and oxygen atoms in total. The van der Waals surface area contributed by atoms with Gasteiger partial charge in [0, 0.05) is 42.6 Å². The molecule has 0 aliphatic heterocycles. The molecular weight excluding hydrogens is 338 g/mol. The quantitative estimate of drug-likeness (QED) is 0.737. The first-order valence-corrected chi connectivity index (χ1v) is 9.47. The van der Waals surface area contributed by atoms with Gasteiger partial charge in [0.15, 0.2) is 0 Å². The van der Waals surface area contributed by atoms with E-state index in [1.165, 1.54) is 0 Å². The first-order chi connectivity index (χ1) is 12.7. The highest BCUT2D eigenvalue weighted by Gasteiger charge is 2.16. The molecule has 146 valence electrons. The number of amides is 1. The summed E-state index contributed by atoms with van der Waals surface area (Å²) in [6.07, 6.45) is 0.484. The maximum atomic E-state index is 12.0. The number of carbonyl (C=O) groups is 1. The van der Waals surface area contributed by atoms with E-state index in [-0.39, 0.29) is 11.3 Å². The summed E-state index contributed by atoms with van der Waals surface area (Å²) >= 11 is 0. The fourth-order valence-electron chi connectivity index (χ4n) is 2.77. The maximum absolute atomic E-state index is 12.0. The molecule has 1 amide bonds. The lowest BCUT2D eigenvalue weighted by Gasteiger charge is -2.20. The molecule has 2 aromatic rings. The van der Waals surface area contributed by atoms with Gasteiger partial charge in [0.25, 0.3) is 0 Å². The standard InChI is InChI=1S/C21H31N5O/c1-7-26(8-2)18-13-15(3)22-20(25-18)24-17-11-9-16(10-12-17)23-19(27)14-21(4,5)6/h9-13H,7-8,14H2,1-6H3,(H,23,27)(H,22,24,25). The van der Waals surface area contributed by atoms with E-state index in [2.05, 4.69) is 39.3 Å². The molecule has 27 heavy (non-hydrogen) atoms. The van der Waals surface area contributed by atoms with Gasteiger partial charge in [-0.05, 0) is 50.5 Å². The molecule has 0 aliphatic carbocycles. The Morgan fingerprint density at radius 1 is 1.04 bits per heavy atom. The number of nitrogens with zero attached hydrogens (tertiary/aromatic N) is 3. The molecule has 2 rings (SSSR count). The van der Waals surface area contributed by atoms with E-state index in [9.17, 15) is 4.79 Å². The van der Waals surface area contributed by atoms with Gasteiger partial charge in [0.1, 0.15) is 5.82 Å². The molecule has 1 heterocycles. The Kier molecular flexibility index (Phi) is 6.77. The summed E-state index contributed by atoms with van der Waals surface area (Å²) in [5.41, 5.74) is 2.54. The number of carbonyl (C=O) groups excluding carboxylic acids is 1. The van der Waals surface area contributed by atoms with Gasteiger partial charge in [0.2, 0.25) is 11.9 Å². The normalized spacial score (nSPS) is 11.2. The molecule has 1 aromatic heterocycles. The lowest BCUT2D eigenvalue weighted by molar-refractivity contribution is -0.117. The van der Waals surface area contributed by atoms with Gasteiger partial charge in [-0.25, -0.2) is 4.98 Å². The second-order valence-electron chi connectivity index (χ2n) is 7.85. The predicted molar refractivity (Wildman–Crippen MR) is 113 cm³/mol. The number of nitrogens with one attached hydrogen (secondary N) is 2. The van der Waals surface area contributed by atoms with Crippen molar-refractivity contribution in [3.05, 3.63) is 36.0 Å². The molecule has 0 fully saturated rings. The van der Waals surface area contributed by atoms with Crippen LogP contribution in [0.1, 0.15) is 46.7 Å². The molecule has 6 heteroatoms. The van der Waals surface area contributed by atoms with Crippen molar-refractivity contribution in [1.29, 1.82) is 0 Å². The number of aromatic nitrogens is 2. The minimum atomic E-state index is -0.0311. The Balaban J connectivity index is 2.07. The molecule has 0 spiro atoms. The van der Waals surface area contributed by atoms with E-state index in [1.54, 1.807) is 0 Å². The highest BCUT2D eigenvalue weighted by molar-refractivity contribution is 5.91. The van der Waals surface area contributed by atoms with Gasteiger partial charge in [-0.2, -0.15) is 4.98 Å². The smallest absolute Gasteiger partial charge is 0.229 e. The largest absolute Gasteiger partial charge is 0.357 e. The van der Waals surface area contributed by atoms with Crippen molar-refractivity contribution in [2.75, 3.05) is 28.6 Å². The monoisotopic (exact) mass is 369 g/mol. The van der Waals surface area contributed by atoms with Crippen LogP contribution in [0.5, 0.6) is 0 Å². The van der Waals surface area contributed by atoms with Gasteiger partial charge in [-0.1, -0.05) is 20.8 Å². The first-order valence-electron chi connectivity index (χ1n) is 9.47. The van der Waals surface area contributed by atoms with Crippen LogP contribution in [0.15, 0.2) is 30.3 Å². The molecule has 0 radical (unpaired) electrons. The third-order valence-electron chi connectivity index (χ3n) is 4.04. The molecule has 0 saturated heterocycles. The van der Waals surface area contributed by atoms with Crippen molar-refractivity contribution in [3.8, 4) is 0 Å². The Hall–Kier alpha value is -2.63.